The molecule has 0 radical (unpaired) electrons. The molecule has 2 nitrogen and oxygen atoms in total. The number of ether oxygens (including phenoxy) is 1. The smallest absolute Gasteiger partial charge is 0.0687 e. The van der Waals surface area contributed by atoms with Crippen LogP contribution in [0, 0.1) is 5.92 Å². The van der Waals surface area contributed by atoms with Crippen molar-refractivity contribution < 1.29 is 9.84 Å². The third kappa shape index (κ3) is 4.12. The van der Waals surface area contributed by atoms with Gasteiger partial charge >= 0.3 is 0 Å². The van der Waals surface area contributed by atoms with Crippen LogP contribution in [0.25, 0.3) is 0 Å². The lowest BCUT2D eigenvalue weighted by Gasteiger charge is -2.31. The van der Waals surface area contributed by atoms with Crippen LogP contribution in [0.15, 0.2) is 0 Å². The van der Waals surface area contributed by atoms with Crippen LogP contribution in [0.1, 0.15) is 66.2 Å². The van der Waals surface area contributed by atoms with Crippen molar-refractivity contribution in [3.63, 3.8) is 0 Å². The Balaban J connectivity index is 1.83. The molecule has 0 bridgehead atoms. The molecule has 2 rings (SSSR count). The molecule has 2 aliphatic rings. The number of aliphatic hydroxyl groups is 1. The van der Waals surface area contributed by atoms with Crippen molar-refractivity contribution in [2.75, 3.05) is 5.75 Å². The molecule has 3 heteroatoms. The van der Waals surface area contributed by atoms with E-state index in [0.29, 0.717) is 0 Å². The lowest BCUT2D eigenvalue weighted by atomic mass is 9.84. The Bertz CT molecular complexity index is 295. The molecule has 19 heavy (non-hydrogen) atoms. The number of rotatable bonds is 4. The Labute approximate surface area is 122 Å². The van der Waals surface area contributed by atoms with Crippen molar-refractivity contribution in [2.45, 2.75) is 88.8 Å². The molecular weight excluding hydrogens is 256 g/mol. The van der Waals surface area contributed by atoms with E-state index in [1.54, 1.807) is 0 Å². The van der Waals surface area contributed by atoms with Crippen molar-refractivity contribution in [1.29, 1.82) is 0 Å². The molecule has 1 aliphatic heterocycles. The second-order valence-corrected chi connectivity index (χ2v) is 8.77. The minimum Gasteiger partial charge on any atom is -0.392 e. The molecule has 2 fully saturated rings. The second-order valence-electron chi connectivity index (χ2n) is 7.44. The Hall–Kier alpha value is 0.270. The van der Waals surface area contributed by atoms with Gasteiger partial charge in [-0.2, -0.15) is 11.8 Å². The van der Waals surface area contributed by atoms with E-state index in [-0.39, 0.29) is 23.2 Å². The van der Waals surface area contributed by atoms with Gasteiger partial charge < -0.3 is 9.84 Å². The molecule has 1 saturated heterocycles. The Morgan fingerprint density at radius 3 is 2.32 bits per heavy atom. The fraction of sp³-hybridized carbons (Fsp3) is 1.00. The Morgan fingerprint density at radius 2 is 1.79 bits per heavy atom. The van der Waals surface area contributed by atoms with Crippen LogP contribution >= 0.6 is 11.8 Å². The largest absolute Gasteiger partial charge is 0.392 e. The van der Waals surface area contributed by atoms with Crippen LogP contribution in [0.3, 0.4) is 0 Å². The first kappa shape index (κ1) is 15.7. The zero-order valence-corrected chi connectivity index (χ0v) is 13.8. The Morgan fingerprint density at radius 1 is 1.16 bits per heavy atom. The molecule has 112 valence electrons. The molecule has 1 heterocycles. The van der Waals surface area contributed by atoms with Gasteiger partial charge in [-0.1, -0.05) is 19.3 Å². The number of aliphatic hydroxyl groups excluding tert-OH is 1. The zero-order valence-electron chi connectivity index (χ0n) is 12.9. The van der Waals surface area contributed by atoms with Crippen molar-refractivity contribution in [1.82, 2.24) is 0 Å². The number of thioether (sulfide) groups is 1. The summed E-state index contributed by atoms with van der Waals surface area (Å²) in [6, 6.07) is 0. The summed E-state index contributed by atoms with van der Waals surface area (Å²) in [6.07, 6.45) is 7.56. The van der Waals surface area contributed by atoms with E-state index in [0.717, 1.165) is 17.4 Å². The summed E-state index contributed by atoms with van der Waals surface area (Å²) in [4.78, 5) is 0. The molecule has 0 spiro atoms. The molecule has 0 amide bonds. The highest BCUT2D eigenvalue weighted by atomic mass is 32.2. The van der Waals surface area contributed by atoms with Gasteiger partial charge in [0.25, 0.3) is 0 Å². The van der Waals surface area contributed by atoms with E-state index in [1.807, 2.05) is 11.8 Å². The number of hydrogen-bond donors (Lipinski definition) is 1. The number of hydrogen-bond acceptors (Lipinski definition) is 3. The summed E-state index contributed by atoms with van der Waals surface area (Å²) in [5.41, 5.74) is -0.291. The summed E-state index contributed by atoms with van der Waals surface area (Å²) in [5.74, 6) is 1.14. The maximum atomic E-state index is 10.5. The molecule has 0 aromatic carbocycles. The predicted molar refractivity (Wildman–Crippen MR) is 82.7 cm³/mol. The van der Waals surface area contributed by atoms with Crippen molar-refractivity contribution in [2.24, 2.45) is 5.92 Å². The van der Waals surface area contributed by atoms with Gasteiger partial charge in [-0.25, -0.2) is 0 Å². The molecule has 0 aromatic heterocycles. The third-order valence-corrected chi connectivity index (χ3v) is 6.14. The fourth-order valence-electron chi connectivity index (χ4n) is 3.79. The van der Waals surface area contributed by atoms with Gasteiger partial charge in [0.2, 0.25) is 0 Å². The van der Waals surface area contributed by atoms with Crippen LogP contribution in [0.5, 0.6) is 0 Å². The van der Waals surface area contributed by atoms with E-state index >= 15 is 0 Å². The topological polar surface area (TPSA) is 29.5 Å². The summed E-state index contributed by atoms with van der Waals surface area (Å²) < 4.78 is 6.09. The SMILES string of the molecule is CC1(C)CC(C(O)CSC2CCCCC2)C(C)(C)O1. The first-order chi connectivity index (χ1) is 8.80. The normalized spacial score (nSPS) is 32.4. The van der Waals surface area contributed by atoms with Gasteiger partial charge in [-0.3, -0.25) is 0 Å². The van der Waals surface area contributed by atoms with Crippen molar-refractivity contribution in [3.8, 4) is 0 Å². The highest BCUT2D eigenvalue weighted by Crippen LogP contribution is 2.44. The van der Waals surface area contributed by atoms with E-state index in [9.17, 15) is 5.11 Å². The van der Waals surface area contributed by atoms with E-state index in [2.05, 4.69) is 27.7 Å². The Kier molecular flexibility index (Phi) is 4.90. The minimum atomic E-state index is -0.233. The van der Waals surface area contributed by atoms with Crippen LogP contribution < -0.4 is 0 Å². The van der Waals surface area contributed by atoms with Gasteiger partial charge in [0.15, 0.2) is 0 Å². The quantitative estimate of drug-likeness (QED) is 0.847. The van der Waals surface area contributed by atoms with E-state index in [1.165, 1.54) is 32.1 Å². The summed E-state index contributed by atoms with van der Waals surface area (Å²) in [6.45, 7) is 8.52. The molecule has 1 saturated carbocycles. The lowest BCUT2D eigenvalue weighted by Crippen LogP contribution is -2.37. The average molecular weight is 286 g/mol. The van der Waals surface area contributed by atoms with Gasteiger partial charge in [-0.15, -0.1) is 0 Å². The van der Waals surface area contributed by atoms with Crippen molar-refractivity contribution >= 4 is 11.8 Å². The maximum Gasteiger partial charge on any atom is 0.0687 e. The average Bonchev–Trinajstić information content (AvgIpc) is 2.56. The molecule has 1 aliphatic carbocycles. The minimum absolute atomic E-state index is 0.0926. The monoisotopic (exact) mass is 286 g/mol. The lowest BCUT2D eigenvalue weighted by molar-refractivity contribution is -0.0853. The third-order valence-electron chi connectivity index (χ3n) is 4.66. The molecule has 2 unspecified atom stereocenters. The van der Waals surface area contributed by atoms with Crippen LogP contribution in [-0.4, -0.2) is 33.4 Å². The van der Waals surface area contributed by atoms with Gasteiger partial charge in [0, 0.05) is 16.9 Å². The summed E-state index contributed by atoms with van der Waals surface area (Å²) in [5, 5.41) is 11.3. The fourth-order valence-corrected chi connectivity index (χ4v) is 5.16. The van der Waals surface area contributed by atoms with Gasteiger partial charge in [0.05, 0.1) is 17.3 Å². The molecule has 2 atom stereocenters. The first-order valence-electron chi connectivity index (χ1n) is 7.80. The van der Waals surface area contributed by atoms with Crippen LogP contribution in [0.4, 0.5) is 0 Å². The van der Waals surface area contributed by atoms with Gasteiger partial charge in [0.1, 0.15) is 0 Å². The summed E-state index contributed by atoms with van der Waals surface area (Å²) in [7, 11) is 0. The standard InChI is InChI=1S/C16H30O2S/c1-15(2)10-13(16(3,4)18-15)14(17)11-19-12-8-6-5-7-9-12/h12-14,17H,5-11H2,1-4H3. The van der Waals surface area contributed by atoms with Crippen molar-refractivity contribution in [3.05, 3.63) is 0 Å². The second kappa shape index (κ2) is 5.95. The van der Waals surface area contributed by atoms with E-state index < -0.39 is 0 Å². The molecule has 0 aromatic rings. The predicted octanol–water partition coefficient (Wildman–Crippen LogP) is 4.01. The summed E-state index contributed by atoms with van der Waals surface area (Å²) >= 11 is 1.99. The van der Waals surface area contributed by atoms with Gasteiger partial charge in [-0.05, 0) is 47.0 Å². The first-order valence-corrected chi connectivity index (χ1v) is 8.85. The molecular formula is C16H30O2S. The van der Waals surface area contributed by atoms with E-state index in [4.69, 9.17) is 4.74 Å². The highest BCUT2D eigenvalue weighted by molar-refractivity contribution is 7.99. The highest BCUT2D eigenvalue weighted by Gasteiger charge is 2.48. The van der Waals surface area contributed by atoms with Crippen LogP contribution in [0.2, 0.25) is 0 Å². The van der Waals surface area contributed by atoms with Crippen LogP contribution in [-0.2, 0) is 4.74 Å². The maximum absolute atomic E-state index is 10.5. The molecule has 1 N–H and O–H groups in total. The zero-order chi connectivity index (χ0) is 14.1.